The first-order chi connectivity index (χ1) is 8.08. The van der Waals surface area contributed by atoms with E-state index in [9.17, 15) is 9.90 Å². The van der Waals surface area contributed by atoms with Crippen molar-refractivity contribution in [3.8, 4) is 0 Å². The zero-order valence-corrected chi connectivity index (χ0v) is 10.4. The Kier molecular flexibility index (Phi) is 3.64. The highest BCUT2D eigenvalue weighted by atomic mass is 35.5. The predicted molar refractivity (Wildman–Crippen MR) is 64.9 cm³/mol. The standard InChI is InChI=1S/C12H15ClN2O2/c1-15(7-10(16)8-2-3-8)12(17)9-4-5-14-11(13)6-9/h4-6,8,10,16H,2-3,7H2,1H3. The maximum absolute atomic E-state index is 12.0. The molecule has 92 valence electrons. The van der Waals surface area contributed by atoms with Crippen LogP contribution in [0.1, 0.15) is 23.2 Å². The van der Waals surface area contributed by atoms with E-state index in [-0.39, 0.29) is 5.91 Å². The SMILES string of the molecule is CN(CC(O)C1CC1)C(=O)c1ccnc(Cl)c1. The van der Waals surface area contributed by atoms with E-state index in [4.69, 9.17) is 11.6 Å². The molecule has 1 unspecified atom stereocenters. The van der Waals surface area contributed by atoms with Crippen LogP contribution in [0.4, 0.5) is 0 Å². The van der Waals surface area contributed by atoms with Gasteiger partial charge in [-0.05, 0) is 30.9 Å². The van der Waals surface area contributed by atoms with Gasteiger partial charge in [-0.25, -0.2) is 4.98 Å². The molecular formula is C12H15ClN2O2. The van der Waals surface area contributed by atoms with Gasteiger partial charge in [0.25, 0.3) is 5.91 Å². The summed E-state index contributed by atoms with van der Waals surface area (Å²) in [5.41, 5.74) is 0.496. The first-order valence-corrected chi connectivity index (χ1v) is 6.01. The highest BCUT2D eigenvalue weighted by Gasteiger charge is 2.31. The molecule has 1 aliphatic rings. The Morgan fingerprint density at radius 3 is 3.00 bits per heavy atom. The Hall–Kier alpha value is -1.13. The lowest BCUT2D eigenvalue weighted by molar-refractivity contribution is 0.0645. The minimum Gasteiger partial charge on any atom is -0.391 e. The van der Waals surface area contributed by atoms with Gasteiger partial charge in [0, 0.05) is 25.4 Å². The number of carbonyl (C=O) groups excluding carboxylic acids is 1. The van der Waals surface area contributed by atoms with Crippen molar-refractivity contribution in [2.24, 2.45) is 5.92 Å². The molecule has 0 saturated heterocycles. The molecule has 0 bridgehead atoms. The third-order valence-corrected chi connectivity index (χ3v) is 3.15. The van der Waals surface area contributed by atoms with Gasteiger partial charge in [0.1, 0.15) is 5.15 Å². The van der Waals surface area contributed by atoms with Crippen molar-refractivity contribution in [3.63, 3.8) is 0 Å². The van der Waals surface area contributed by atoms with E-state index >= 15 is 0 Å². The molecule has 1 aromatic heterocycles. The molecule has 4 nitrogen and oxygen atoms in total. The van der Waals surface area contributed by atoms with E-state index in [2.05, 4.69) is 4.98 Å². The molecule has 1 saturated carbocycles. The number of pyridine rings is 1. The number of aliphatic hydroxyl groups is 1. The zero-order chi connectivity index (χ0) is 12.4. The number of carbonyl (C=O) groups is 1. The van der Waals surface area contributed by atoms with Crippen LogP contribution in [0.5, 0.6) is 0 Å². The van der Waals surface area contributed by atoms with Gasteiger partial charge in [-0.3, -0.25) is 4.79 Å². The number of halogens is 1. The number of rotatable bonds is 4. The summed E-state index contributed by atoms with van der Waals surface area (Å²) in [5.74, 6) is 0.222. The number of amides is 1. The van der Waals surface area contributed by atoms with Crippen LogP contribution in [-0.4, -0.2) is 40.6 Å². The van der Waals surface area contributed by atoms with Crippen LogP contribution in [0.2, 0.25) is 5.15 Å². The van der Waals surface area contributed by atoms with Crippen LogP contribution in [0.25, 0.3) is 0 Å². The molecule has 1 aliphatic carbocycles. The van der Waals surface area contributed by atoms with Crippen molar-refractivity contribution >= 4 is 17.5 Å². The molecule has 2 rings (SSSR count). The van der Waals surface area contributed by atoms with Gasteiger partial charge >= 0.3 is 0 Å². The maximum atomic E-state index is 12.0. The molecule has 1 N–H and O–H groups in total. The van der Waals surface area contributed by atoms with E-state index in [0.717, 1.165) is 12.8 Å². The Labute approximate surface area is 105 Å². The molecule has 1 fully saturated rings. The number of aliphatic hydroxyl groups excluding tert-OH is 1. The molecule has 0 spiro atoms. The summed E-state index contributed by atoms with van der Waals surface area (Å²) in [7, 11) is 1.68. The molecule has 0 aromatic carbocycles. The number of aromatic nitrogens is 1. The lowest BCUT2D eigenvalue weighted by Crippen LogP contribution is -2.35. The molecule has 0 radical (unpaired) electrons. The van der Waals surface area contributed by atoms with Gasteiger partial charge in [-0.2, -0.15) is 0 Å². The van der Waals surface area contributed by atoms with Gasteiger partial charge in [-0.1, -0.05) is 11.6 Å². The van der Waals surface area contributed by atoms with E-state index in [1.165, 1.54) is 17.2 Å². The molecule has 5 heteroatoms. The van der Waals surface area contributed by atoms with Crippen molar-refractivity contribution in [1.82, 2.24) is 9.88 Å². The second kappa shape index (κ2) is 5.02. The quantitative estimate of drug-likeness (QED) is 0.830. The maximum Gasteiger partial charge on any atom is 0.253 e. The van der Waals surface area contributed by atoms with E-state index < -0.39 is 6.10 Å². The predicted octanol–water partition coefficient (Wildman–Crippen LogP) is 1.58. The third kappa shape index (κ3) is 3.17. The smallest absolute Gasteiger partial charge is 0.253 e. The second-order valence-corrected chi connectivity index (χ2v) is 4.84. The van der Waals surface area contributed by atoms with Crippen molar-refractivity contribution in [2.45, 2.75) is 18.9 Å². The molecular weight excluding hydrogens is 240 g/mol. The van der Waals surface area contributed by atoms with Crippen LogP contribution in [-0.2, 0) is 0 Å². The van der Waals surface area contributed by atoms with Crippen molar-refractivity contribution in [3.05, 3.63) is 29.0 Å². The topological polar surface area (TPSA) is 53.4 Å². The summed E-state index contributed by atoms with van der Waals surface area (Å²) in [5, 5.41) is 10.1. The average Bonchev–Trinajstić information content (AvgIpc) is 3.11. The first kappa shape index (κ1) is 12.3. The fraction of sp³-hybridized carbons (Fsp3) is 0.500. The molecule has 1 aromatic rings. The van der Waals surface area contributed by atoms with E-state index in [1.54, 1.807) is 13.1 Å². The summed E-state index contributed by atoms with van der Waals surface area (Å²) in [4.78, 5) is 17.4. The number of hydrogen-bond donors (Lipinski definition) is 1. The van der Waals surface area contributed by atoms with Crippen molar-refractivity contribution in [2.75, 3.05) is 13.6 Å². The first-order valence-electron chi connectivity index (χ1n) is 5.63. The number of nitrogens with zero attached hydrogens (tertiary/aromatic N) is 2. The van der Waals surface area contributed by atoms with Crippen LogP contribution < -0.4 is 0 Å². The molecule has 0 aliphatic heterocycles. The largest absolute Gasteiger partial charge is 0.391 e. The fourth-order valence-corrected chi connectivity index (χ4v) is 1.92. The lowest BCUT2D eigenvalue weighted by Gasteiger charge is -2.20. The summed E-state index contributed by atoms with van der Waals surface area (Å²) in [6.45, 7) is 0.365. The average molecular weight is 255 g/mol. The molecule has 1 atom stereocenters. The Morgan fingerprint density at radius 1 is 1.71 bits per heavy atom. The van der Waals surface area contributed by atoms with Gasteiger partial charge in [0.2, 0.25) is 0 Å². The summed E-state index contributed by atoms with van der Waals surface area (Å²) >= 11 is 5.73. The highest BCUT2D eigenvalue weighted by Crippen LogP contribution is 2.32. The van der Waals surface area contributed by atoms with Crippen LogP contribution in [0, 0.1) is 5.92 Å². The minimum absolute atomic E-state index is 0.144. The van der Waals surface area contributed by atoms with Gasteiger partial charge in [-0.15, -0.1) is 0 Å². The monoisotopic (exact) mass is 254 g/mol. The minimum atomic E-state index is -0.416. The zero-order valence-electron chi connectivity index (χ0n) is 9.64. The molecule has 17 heavy (non-hydrogen) atoms. The Bertz CT molecular complexity index is 421. The van der Waals surface area contributed by atoms with Gasteiger partial charge in [0.05, 0.1) is 6.10 Å². The molecule has 1 heterocycles. The summed E-state index contributed by atoms with van der Waals surface area (Å²) < 4.78 is 0. The van der Waals surface area contributed by atoms with Crippen LogP contribution in [0.3, 0.4) is 0 Å². The second-order valence-electron chi connectivity index (χ2n) is 4.46. The van der Waals surface area contributed by atoms with E-state index in [0.29, 0.717) is 23.2 Å². The van der Waals surface area contributed by atoms with Crippen molar-refractivity contribution in [1.29, 1.82) is 0 Å². The Balaban J connectivity index is 1.98. The van der Waals surface area contributed by atoms with Gasteiger partial charge in [0.15, 0.2) is 0 Å². The number of hydrogen-bond acceptors (Lipinski definition) is 3. The fourth-order valence-electron chi connectivity index (χ4n) is 1.75. The lowest BCUT2D eigenvalue weighted by atomic mass is 10.2. The Morgan fingerprint density at radius 2 is 2.41 bits per heavy atom. The number of likely N-dealkylation sites (N-methyl/N-ethyl adjacent to an activating group) is 1. The summed E-state index contributed by atoms with van der Waals surface area (Å²) in [6.07, 6.45) is 3.20. The van der Waals surface area contributed by atoms with E-state index in [1.807, 2.05) is 0 Å². The molecule has 1 amide bonds. The van der Waals surface area contributed by atoms with Crippen LogP contribution in [0.15, 0.2) is 18.3 Å². The third-order valence-electron chi connectivity index (χ3n) is 2.95. The van der Waals surface area contributed by atoms with Crippen molar-refractivity contribution < 1.29 is 9.90 Å². The highest BCUT2D eigenvalue weighted by molar-refractivity contribution is 6.29. The van der Waals surface area contributed by atoms with Gasteiger partial charge < -0.3 is 10.0 Å². The summed E-state index contributed by atoms with van der Waals surface area (Å²) in [6, 6.07) is 3.15. The van der Waals surface area contributed by atoms with Crippen LogP contribution >= 0.6 is 11.6 Å². The normalized spacial score (nSPS) is 16.6.